The molecule has 4 nitrogen and oxygen atoms in total. The molecule has 30 heavy (non-hydrogen) atoms. The highest BCUT2D eigenvalue weighted by Crippen LogP contribution is 2.34. The lowest BCUT2D eigenvalue weighted by Gasteiger charge is -2.14. The Morgan fingerprint density at radius 1 is 1.00 bits per heavy atom. The molecule has 0 bridgehead atoms. The van der Waals surface area contributed by atoms with Crippen LogP contribution in [0.2, 0.25) is 10.0 Å². The van der Waals surface area contributed by atoms with Gasteiger partial charge in [0.2, 0.25) is 0 Å². The number of halogens is 3. The largest absolute Gasteiger partial charge is 0.490 e. The average Bonchev–Trinajstić information content (AvgIpc) is 2.73. The van der Waals surface area contributed by atoms with Gasteiger partial charge in [-0.05, 0) is 64.9 Å². The Morgan fingerprint density at radius 3 is 2.43 bits per heavy atom. The molecule has 0 heterocycles. The van der Waals surface area contributed by atoms with E-state index in [1.165, 1.54) is 0 Å². The number of hydrogen-bond donors (Lipinski definition) is 1. The predicted molar refractivity (Wildman–Crippen MR) is 132 cm³/mol. The van der Waals surface area contributed by atoms with E-state index in [9.17, 15) is 0 Å². The quantitative estimate of drug-likeness (QED) is 0.182. The fourth-order valence-corrected chi connectivity index (χ4v) is 4.05. The van der Waals surface area contributed by atoms with Gasteiger partial charge in [-0.1, -0.05) is 59.6 Å². The maximum Gasteiger partial charge on any atom is 0.175 e. The van der Waals surface area contributed by atoms with Crippen LogP contribution in [0.15, 0.2) is 65.8 Å². The molecular weight excluding hydrogens is 534 g/mol. The van der Waals surface area contributed by atoms with Gasteiger partial charge in [0.1, 0.15) is 6.61 Å². The second kappa shape index (κ2) is 11.4. The number of rotatable bonds is 9. The smallest absolute Gasteiger partial charge is 0.175 e. The number of nitrogens with zero attached hydrogens (tertiary/aromatic N) is 1. The Bertz CT molecular complexity index is 993. The first kappa shape index (κ1) is 22.7. The molecule has 0 aromatic heterocycles. The molecular formula is C23H21Cl2IN2O2. The first-order valence-corrected chi connectivity index (χ1v) is 11.2. The van der Waals surface area contributed by atoms with Gasteiger partial charge in [0.05, 0.1) is 22.9 Å². The Kier molecular flexibility index (Phi) is 8.66. The van der Waals surface area contributed by atoms with Crippen molar-refractivity contribution in [2.75, 3.05) is 6.61 Å². The van der Waals surface area contributed by atoms with Crippen molar-refractivity contribution in [2.45, 2.75) is 20.1 Å². The van der Waals surface area contributed by atoms with Crippen molar-refractivity contribution in [3.8, 4) is 11.5 Å². The molecule has 0 fully saturated rings. The zero-order valence-electron chi connectivity index (χ0n) is 16.4. The van der Waals surface area contributed by atoms with Gasteiger partial charge in [-0.2, -0.15) is 5.10 Å². The highest BCUT2D eigenvalue weighted by atomic mass is 127. The number of benzene rings is 3. The maximum absolute atomic E-state index is 6.19. The monoisotopic (exact) mass is 554 g/mol. The van der Waals surface area contributed by atoms with Gasteiger partial charge in [-0.3, -0.25) is 0 Å². The van der Waals surface area contributed by atoms with E-state index in [0.717, 1.165) is 26.0 Å². The predicted octanol–water partition coefficient (Wildman–Crippen LogP) is 6.70. The zero-order valence-corrected chi connectivity index (χ0v) is 20.0. The topological polar surface area (TPSA) is 42.8 Å². The summed E-state index contributed by atoms with van der Waals surface area (Å²) in [4.78, 5) is 0. The van der Waals surface area contributed by atoms with Crippen molar-refractivity contribution in [3.05, 3.63) is 91.0 Å². The van der Waals surface area contributed by atoms with E-state index in [1.54, 1.807) is 18.3 Å². The van der Waals surface area contributed by atoms with Crippen molar-refractivity contribution in [3.63, 3.8) is 0 Å². The van der Waals surface area contributed by atoms with Crippen LogP contribution >= 0.6 is 45.8 Å². The minimum Gasteiger partial charge on any atom is -0.490 e. The second-order valence-electron chi connectivity index (χ2n) is 6.33. The fraction of sp³-hybridized carbons (Fsp3) is 0.174. The van der Waals surface area contributed by atoms with Gasteiger partial charge in [0, 0.05) is 15.6 Å². The van der Waals surface area contributed by atoms with Gasteiger partial charge in [-0.15, -0.1) is 0 Å². The first-order chi connectivity index (χ1) is 14.6. The number of hydrazone groups is 1. The summed E-state index contributed by atoms with van der Waals surface area (Å²) in [6.07, 6.45) is 1.73. The van der Waals surface area contributed by atoms with E-state index >= 15 is 0 Å². The Labute approximate surface area is 200 Å². The number of ether oxygens (including phenoxy) is 2. The second-order valence-corrected chi connectivity index (χ2v) is 8.31. The van der Waals surface area contributed by atoms with Gasteiger partial charge in [-0.25, -0.2) is 0 Å². The summed E-state index contributed by atoms with van der Waals surface area (Å²) >= 11 is 14.6. The molecule has 1 N–H and O–H groups in total. The molecule has 0 amide bonds. The van der Waals surface area contributed by atoms with E-state index in [1.807, 2.05) is 55.5 Å². The molecule has 3 aromatic rings. The first-order valence-electron chi connectivity index (χ1n) is 9.40. The van der Waals surface area contributed by atoms with E-state index in [-0.39, 0.29) is 0 Å². The highest BCUT2D eigenvalue weighted by Gasteiger charge is 2.12. The summed E-state index contributed by atoms with van der Waals surface area (Å²) in [7, 11) is 0. The van der Waals surface area contributed by atoms with Crippen LogP contribution in [-0.2, 0) is 13.2 Å². The van der Waals surface area contributed by atoms with E-state index in [4.69, 9.17) is 32.7 Å². The van der Waals surface area contributed by atoms with Crippen LogP contribution in [0.3, 0.4) is 0 Å². The van der Waals surface area contributed by atoms with Crippen molar-refractivity contribution in [1.29, 1.82) is 0 Å². The molecule has 0 saturated heterocycles. The number of hydrogen-bond acceptors (Lipinski definition) is 4. The van der Waals surface area contributed by atoms with Crippen LogP contribution in [0.4, 0.5) is 0 Å². The summed E-state index contributed by atoms with van der Waals surface area (Å²) in [6.45, 7) is 3.40. The van der Waals surface area contributed by atoms with Crippen LogP contribution in [0.5, 0.6) is 11.5 Å². The molecule has 0 aliphatic carbocycles. The summed E-state index contributed by atoms with van der Waals surface area (Å²) < 4.78 is 12.8. The van der Waals surface area contributed by atoms with Gasteiger partial charge in [0.15, 0.2) is 11.5 Å². The molecule has 0 saturated carbocycles. The van der Waals surface area contributed by atoms with Crippen molar-refractivity contribution < 1.29 is 9.47 Å². The van der Waals surface area contributed by atoms with Crippen LogP contribution < -0.4 is 14.9 Å². The highest BCUT2D eigenvalue weighted by molar-refractivity contribution is 14.1. The molecule has 0 atom stereocenters. The summed E-state index contributed by atoms with van der Waals surface area (Å²) in [5.74, 6) is 1.42. The molecule has 3 rings (SSSR count). The van der Waals surface area contributed by atoms with Crippen LogP contribution in [0.25, 0.3) is 0 Å². The van der Waals surface area contributed by atoms with Gasteiger partial charge >= 0.3 is 0 Å². The van der Waals surface area contributed by atoms with Crippen LogP contribution in [-0.4, -0.2) is 12.8 Å². The third-order valence-corrected chi connectivity index (χ3v) is 5.69. The SMILES string of the molecule is CCOc1cc(/C=N\NCc2c(Cl)cccc2Cl)cc(I)c1OCc1ccccc1. The molecule has 0 unspecified atom stereocenters. The van der Waals surface area contributed by atoms with E-state index in [2.05, 4.69) is 33.1 Å². The lowest BCUT2D eigenvalue weighted by molar-refractivity contribution is 0.267. The molecule has 0 aliphatic rings. The van der Waals surface area contributed by atoms with Crippen LogP contribution in [0, 0.1) is 3.57 Å². The zero-order chi connectivity index (χ0) is 21.3. The third kappa shape index (κ3) is 6.27. The molecule has 156 valence electrons. The summed E-state index contributed by atoms with van der Waals surface area (Å²) in [5.41, 5.74) is 5.80. The van der Waals surface area contributed by atoms with E-state index in [0.29, 0.717) is 35.6 Å². The molecule has 0 aliphatic heterocycles. The molecule has 0 spiro atoms. The van der Waals surface area contributed by atoms with Crippen molar-refractivity contribution in [2.24, 2.45) is 5.10 Å². The van der Waals surface area contributed by atoms with Crippen molar-refractivity contribution in [1.82, 2.24) is 5.43 Å². The Hall–Kier alpha value is -1.96. The normalized spacial score (nSPS) is 10.9. The minimum absolute atomic E-state index is 0.433. The third-order valence-electron chi connectivity index (χ3n) is 4.18. The Morgan fingerprint density at radius 2 is 1.73 bits per heavy atom. The van der Waals surface area contributed by atoms with E-state index < -0.39 is 0 Å². The molecule has 7 heteroatoms. The lowest BCUT2D eigenvalue weighted by atomic mass is 10.2. The van der Waals surface area contributed by atoms with Crippen LogP contribution in [0.1, 0.15) is 23.6 Å². The molecule has 0 radical (unpaired) electrons. The fourth-order valence-electron chi connectivity index (χ4n) is 2.74. The maximum atomic E-state index is 6.19. The minimum atomic E-state index is 0.433. The lowest BCUT2D eigenvalue weighted by Crippen LogP contribution is -2.07. The summed E-state index contributed by atoms with van der Waals surface area (Å²) in [6, 6.07) is 19.4. The number of nitrogens with one attached hydrogen (secondary N) is 1. The molecule has 3 aromatic carbocycles. The van der Waals surface area contributed by atoms with Gasteiger partial charge < -0.3 is 14.9 Å². The Balaban J connectivity index is 1.70. The van der Waals surface area contributed by atoms with Gasteiger partial charge in [0.25, 0.3) is 0 Å². The van der Waals surface area contributed by atoms with Crippen molar-refractivity contribution >= 4 is 52.0 Å². The average molecular weight is 555 g/mol. The summed E-state index contributed by atoms with van der Waals surface area (Å²) in [5, 5.41) is 5.51. The standard InChI is InChI=1S/C23H21Cl2IN2O2/c1-2-29-22-12-17(13-27-28-14-18-19(24)9-6-10-20(18)25)11-21(26)23(22)30-15-16-7-4-3-5-8-16/h3-13,28H,2,14-15H2,1H3/b27-13-.